The monoisotopic (exact) mass is 464 g/mol. The summed E-state index contributed by atoms with van der Waals surface area (Å²) in [5.74, 6) is -0.155. The zero-order valence-electron chi connectivity index (χ0n) is 16.8. The molecule has 0 aromatic heterocycles. The molecule has 2 aromatic rings. The summed E-state index contributed by atoms with van der Waals surface area (Å²) >= 11 is 3.44. The molecule has 0 atom stereocenters. The molecule has 0 aliphatic rings. The van der Waals surface area contributed by atoms with Gasteiger partial charge in [0.25, 0.3) is 5.91 Å². The van der Waals surface area contributed by atoms with Crippen LogP contribution in [0.4, 0.5) is 5.69 Å². The molecule has 3 N–H and O–H groups in total. The van der Waals surface area contributed by atoms with E-state index in [9.17, 15) is 14.7 Å². The van der Waals surface area contributed by atoms with E-state index in [4.69, 9.17) is 9.47 Å². The van der Waals surface area contributed by atoms with Gasteiger partial charge in [-0.3, -0.25) is 4.79 Å². The van der Waals surface area contributed by atoms with Gasteiger partial charge in [0.1, 0.15) is 11.5 Å². The van der Waals surface area contributed by atoms with Crippen molar-refractivity contribution in [1.29, 1.82) is 0 Å². The first-order chi connectivity index (χ1) is 13.6. The minimum Gasteiger partial charge on any atom is -0.495 e. The molecule has 7 nitrogen and oxygen atoms in total. The summed E-state index contributed by atoms with van der Waals surface area (Å²) in [6.45, 7) is 5.94. The van der Waals surface area contributed by atoms with E-state index in [0.29, 0.717) is 23.7 Å². The maximum absolute atomic E-state index is 12.0. The Morgan fingerprint density at radius 2 is 1.79 bits per heavy atom. The molecule has 0 unspecified atom stereocenters. The number of rotatable bonds is 8. The molecule has 0 radical (unpaired) electrons. The highest BCUT2D eigenvalue weighted by atomic mass is 79.9. The number of anilines is 1. The number of benzene rings is 2. The Hall–Kier alpha value is -2.74. The van der Waals surface area contributed by atoms with Crippen molar-refractivity contribution in [1.82, 2.24) is 5.32 Å². The van der Waals surface area contributed by atoms with E-state index >= 15 is 0 Å². The maximum Gasteiger partial charge on any atom is 0.335 e. The Morgan fingerprint density at radius 3 is 2.41 bits per heavy atom. The fraction of sp³-hybridized carbons (Fsp3) is 0.333. The number of hydrogen-bond acceptors (Lipinski definition) is 5. The number of nitrogens with one attached hydrogen (secondary N) is 2. The molecular formula is C21H25BrN2O5. The number of methoxy groups -OCH3 is 1. The Morgan fingerprint density at radius 1 is 1.10 bits per heavy atom. The fourth-order valence-corrected chi connectivity index (χ4v) is 3.00. The Kier molecular flexibility index (Phi) is 7.50. The van der Waals surface area contributed by atoms with Crippen LogP contribution >= 0.6 is 15.9 Å². The normalized spacial score (nSPS) is 10.9. The predicted octanol–water partition coefficient (Wildman–Crippen LogP) is 4.06. The second-order valence-corrected chi connectivity index (χ2v) is 8.33. The molecule has 0 fully saturated rings. The highest BCUT2D eigenvalue weighted by molar-refractivity contribution is 9.10. The van der Waals surface area contributed by atoms with E-state index < -0.39 is 5.97 Å². The average Bonchev–Trinajstić information content (AvgIpc) is 2.63. The zero-order chi connectivity index (χ0) is 21.6. The van der Waals surface area contributed by atoms with Gasteiger partial charge in [0.05, 0.1) is 18.4 Å². The molecule has 29 heavy (non-hydrogen) atoms. The van der Waals surface area contributed by atoms with Crippen molar-refractivity contribution >= 4 is 33.5 Å². The lowest BCUT2D eigenvalue weighted by Gasteiger charge is -2.21. The van der Waals surface area contributed by atoms with Crippen LogP contribution in [0, 0.1) is 0 Å². The van der Waals surface area contributed by atoms with Gasteiger partial charge >= 0.3 is 5.97 Å². The largest absolute Gasteiger partial charge is 0.495 e. The molecule has 156 valence electrons. The van der Waals surface area contributed by atoms with Gasteiger partial charge in [-0.2, -0.15) is 0 Å². The lowest BCUT2D eigenvalue weighted by molar-refractivity contribution is -0.124. The van der Waals surface area contributed by atoms with Crippen molar-refractivity contribution in [2.45, 2.75) is 32.9 Å². The summed E-state index contributed by atoms with van der Waals surface area (Å²) in [5, 5.41) is 15.2. The number of amides is 1. The summed E-state index contributed by atoms with van der Waals surface area (Å²) < 4.78 is 11.9. The topological polar surface area (TPSA) is 96.9 Å². The molecule has 0 heterocycles. The summed E-state index contributed by atoms with van der Waals surface area (Å²) in [5.41, 5.74) is 1.16. The quantitative estimate of drug-likeness (QED) is 0.544. The highest BCUT2D eigenvalue weighted by Gasteiger charge is 2.15. The van der Waals surface area contributed by atoms with E-state index in [1.54, 1.807) is 12.1 Å². The first kappa shape index (κ1) is 22.5. The van der Waals surface area contributed by atoms with Crippen molar-refractivity contribution < 1.29 is 24.2 Å². The van der Waals surface area contributed by atoms with Crippen LogP contribution in [0.15, 0.2) is 40.9 Å². The SMILES string of the molecule is COc1ccc(C(=O)O)cc1NCc1cc(Br)ccc1OCC(=O)NC(C)(C)C. The van der Waals surface area contributed by atoms with Crippen LogP contribution in [-0.4, -0.2) is 36.2 Å². The third-order valence-corrected chi connectivity index (χ3v) is 4.30. The second kappa shape index (κ2) is 9.65. The first-order valence-corrected chi connectivity index (χ1v) is 9.76. The van der Waals surface area contributed by atoms with E-state index in [0.717, 1.165) is 10.0 Å². The van der Waals surface area contributed by atoms with Gasteiger partial charge < -0.3 is 25.2 Å². The van der Waals surface area contributed by atoms with Gasteiger partial charge in [-0.1, -0.05) is 15.9 Å². The van der Waals surface area contributed by atoms with Crippen LogP contribution < -0.4 is 20.1 Å². The zero-order valence-corrected chi connectivity index (χ0v) is 18.4. The predicted molar refractivity (Wildman–Crippen MR) is 115 cm³/mol. The molecule has 0 aliphatic heterocycles. The molecule has 0 spiro atoms. The Labute approximate surface area is 178 Å². The molecule has 0 saturated carbocycles. The molecule has 2 rings (SSSR count). The molecular weight excluding hydrogens is 440 g/mol. The third kappa shape index (κ3) is 6.98. The number of carboxylic acid groups (broad SMARTS) is 1. The minimum absolute atomic E-state index is 0.107. The molecule has 0 bridgehead atoms. The van der Waals surface area contributed by atoms with Crippen LogP contribution in [-0.2, 0) is 11.3 Å². The number of carboxylic acids is 1. The minimum atomic E-state index is -1.02. The summed E-state index contributed by atoms with van der Waals surface area (Å²) in [6.07, 6.45) is 0. The van der Waals surface area contributed by atoms with Gasteiger partial charge in [-0.15, -0.1) is 0 Å². The Balaban J connectivity index is 2.15. The third-order valence-electron chi connectivity index (χ3n) is 3.81. The first-order valence-electron chi connectivity index (χ1n) is 8.96. The van der Waals surface area contributed by atoms with Crippen molar-refractivity contribution in [3.05, 3.63) is 52.0 Å². The van der Waals surface area contributed by atoms with E-state index in [2.05, 4.69) is 26.6 Å². The van der Waals surface area contributed by atoms with E-state index in [1.807, 2.05) is 32.9 Å². The van der Waals surface area contributed by atoms with Crippen molar-refractivity contribution in [3.8, 4) is 11.5 Å². The van der Waals surface area contributed by atoms with Crippen LogP contribution in [0.3, 0.4) is 0 Å². The lowest BCUT2D eigenvalue weighted by Crippen LogP contribution is -2.43. The van der Waals surface area contributed by atoms with Crippen LogP contribution in [0.25, 0.3) is 0 Å². The van der Waals surface area contributed by atoms with Gasteiger partial charge in [-0.25, -0.2) is 4.79 Å². The van der Waals surface area contributed by atoms with E-state index in [-0.39, 0.29) is 23.6 Å². The van der Waals surface area contributed by atoms with Crippen molar-refractivity contribution in [2.24, 2.45) is 0 Å². The number of ether oxygens (including phenoxy) is 2. The van der Waals surface area contributed by atoms with Gasteiger partial charge in [0, 0.05) is 22.1 Å². The van der Waals surface area contributed by atoms with Crippen molar-refractivity contribution in [3.63, 3.8) is 0 Å². The van der Waals surface area contributed by atoms with Crippen molar-refractivity contribution in [2.75, 3.05) is 19.0 Å². The molecule has 1 amide bonds. The van der Waals surface area contributed by atoms with Gasteiger partial charge in [0.2, 0.25) is 0 Å². The standard InChI is InChI=1S/C21H25BrN2O5/c1-21(2,3)24-19(25)12-29-17-8-6-15(22)9-14(17)11-23-16-10-13(20(26)27)5-7-18(16)28-4/h5-10,23H,11-12H2,1-4H3,(H,24,25)(H,26,27). The number of halogens is 1. The van der Waals surface area contributed by atoms with E-state index in [1.165, 1.54) is 19.2 Å². The number of aromatic carboxylic acids is 1. The molecule has 2 aromatic carbocycles. The van der Waals surface area contributed by atoms with Gasteiger partial charge in [-0.05, 0) is 57.2 Å². The van der Waals surface area contributed by atoms with Crippen LogP contribution in [0.2, 0.25) is 0 Å². The smallest absolute Gasteiger partial charge is 0.335 e. The molecule has 0 saturated heterocycles. The number of hydrogen-bond donors (Lipinski definition) is 3. The summed E-state index contributed by atoms with van der Waals surface area (Å²) in [6, 6.07) is 10.1. The lowest BCUT2D eigenvalue weighted by atomic mass is 10.1. The fourth-order valence-electron chi connectivity index (χ4n) is 2.59. The number of carbonyl (C=O) groups is 2. The van der Waals surface area contributed by atoms with Crippen LogP contribution in [0.5, 0.6) is 11.5 Å². The maximum atomic E-state index is 12.0. The highest BCUT2D eigenvalue weighted by Crippen LogP contribution is 2.29. The number of carbonyl (C=O) groups excluding carboxylic acids is 1. The van der Waals surface area contributed by atoms with Gasteiger partial charge in [0.15, 0.2) is 6.61 Å². The summed E-state index contributed by atoms with van der Waals surface area (Å²) in [4.78, 5) is 23.3. The summed E-state index contributed by atoms with van der Waals surface area (Å²) in [7, 11) is 1.52. The second-order valence-electron chi connectivity index (χ2n) is 7.41. The molecule has 8 heteroatoms. The average molecular weight is 465 g/mol. The van der Waals surface area contributed by atoms with Crippen LogP contribution in [0.1, 0.15) is 36.7 Å². The molecule has 0 aliphatic carbocycles. The Bertz CT molecular complexity index is 893.